The lowest BCUT2D eigenvalue weighted by atomic mass is 10.3. The number of aliphatic hydroxyl groups excluding tert-OH is 1. The molecule has 0 bridgehead atoms. The molecule has 1 amide bonds. The van der Waals surface area contributed by atoms with Gasteiger partial charge in [-0.15, -0.1) is 11.8 Å². The van der Waals surface area contributed by atoms with Gasteiger partial charge in [0, 0.05) is 23.7 Å². The number of nitrogens with one attached hydrogen (secondary N) is 1. The molecule has 0 saturated heterocycles. The molecule has 1 aromatic rings. The number of hydrogen-bond donors (Lipinski definition) is 2. The van der Waals surface area contributed by atoms with Crippen molar-refractivity contribution in [2.45, 2.75) is 17.5 Å². The lowest BCUT2D eigenvalue weighted by Crippen LogP contribution is -2.40. The van der Waals surface area contributed by atoms with Gasteiger partial charge in [-0.25, -0.2) is 0 Å². The molecule has 0 aliphatic heterocycles. The molecule has 0 aliphatic rings. The van der Waals surface area contributed by atoms with Crippen LogP contribution in [-0.2, 0) is 4.79 Å². The largest absolute Gasteiger partial charge is 0.401 e. The normalized spacial score (nSPS) is 11.7. The predicted octanol–water partition coefficient (Wildman–Crippen LogP) is 2.59. The van der Waals surface area contributed by atoms with E-state index in [0.29, 0.717) is 5.69 Å². The molecule has 0 aliphatic carbocycles. The Bertz CT molecular complexity index is 483. The summed E-state index contributed by atoms with van der Waals surface area (Å²) >= 11 is 1.50. The second-order valence-corrected chi connectivity index (χ2v) is 5.56. The van der Waals surface area contributed by atoms with Gasteiger partial charge in [0.1, 0.15) is 0 Å². The summed E-state index contributed by atoms with van der Waals surface area (Å²) in [5.74, 6) is -0.513. The molecule has 0 spiro atoms. The third-order valence-electron chi connectivity index (χ3n) is 2.76. The lowest BCUT2D eigenvalue weighted by Gasteiger charge is -2.22. The van der Waals surface area contributed by atoms with Crippen LogP contribution in [-0.4, -0.2) is 54.6 Å². The average Bonchev–Trinajstić information content (AvgIpc) is 2.43. The molecule has 0 atom stereocenters. The van der Waals surface area contributed by atoms with Crippen molar-refractivity contribution in [3.05, 3.63) is 24.3 Å². The van der Waals surface area contributed by atoms with Crippen molar-refractivity contribution in [1.82, 2.24) is 4.90 Å². The van der Waals surface area contributed by atoms with Crippen LogP contribution in [0, 0.1) is 0 Å². The molecule has 22 heavy (non-hydrogen) atoms. The van der Waals surface area contributed by atoms with E-state index in [-0.39, 0.29) is 26.1 Å². The Morgan fingerprint density at radius 2 is 2.14 bits per heavy atom. The number of rotatable bonds is 8. The highest BCUT2D eigenvalue weighted by Gasteiger charge is 2.31. The van der Waals surface area contributed by atoms with E-state index in [2.05, 4.69) is 5.32 Å². The highest BCUT2D eigenvalue weighted by molar-refractivity contribution is 7.98. The Hall–Kier alpha value is -1.25. The van der Waals surface area contributed by atoms with E-state index in [1.54, 1.807) is 18.2 Å². The molecule has 0 radical (unpaired) electrons. The first-order chi connectivity index (χ1) is 10.3. The van der Waals surface area contributed by atoms with Crippen LogP contribution < -0.4 is 5.32 Å². The second kappa shape index (κ2) is 9.02. The van der Waals surface area contributed by atoms with Crippen LogP contribution in [0.5, 0.6) is 0 Å². The summed E-state index contributed by atoms with van der Waals surface area (Å²) < 4.78 is 37.4. The van der Waals surface area contributed by atoms with Crippen molar-refractivity contribution in [2.24, 2.45) is 0 Å². The highest BCUT2D eigenvalue weighted by Crippen LogP contribution is 2.19. The zero-order valence-electron chi connectivity index (χ0n) is 12.2. The molecule has 0 unspecified atom stereocenters. The summed E-state index contributed by atoms with van der Waals surface area (Å²) in [7, 11) is 0. The van der Waals surface area contributed by atoms with Crippen LogP contribution in [0.15, 0.2) is 29.2 Å². The molecule has 4 nitrogen and oxygen atoms in total. The zero-order valence-corrected chi connectivity index (χ0v) is 13.0. The van der Waals surface area contributed by atoms with E-state index in [1.165, 1.54) is 11.8 Å². The van der Waals surface area contributed by atoms with Crippen molar-refractivity contribution < 1.29 is 23.1 Å². The fourth-order valence-electron chi connectivity index (χ4n) is 1.87. The van der Waals surface area contributed by atoms with E-state index in [9.17, 15) is 18.0 Å². The first kappa shape index (κ1) is 18.8. The van der Waals surface area contributed by atoms with Crippen molar-refractivity contribution in [1.29, 1.82) is 0 Å². The lowest BCUT2D eigenvalue weighted by molar-refractivity contribution is -0.148. The first-order valence-electron chi connectivity index (χ1n) is 6.68. The smallest absolute Gasteiger partial charge is 0.396 e. The molecule has 2 N–H and O–H groups in total. The number of benzene rings is 1. The fourth-order valence-corrected chi connectivity index (χ4v) is 2.33. The maximum absolute atomic E-state index is 12.5. The Labute approximate surface area is 131 Å². The third kappa shape index (κ3) is 7.67. The van der Waals surface area contributed by atoms with Gasteiger partial charge in [0.15, 0.2) is 0 Å². The average molecular weight is 336 g/mol. The summed E-state index contributed by atoms with van der Waals surface area (Å²) in [5, 5.41) is 11.3. The number of carbonyl (C=O) groups is 1. The third-order valence-corrected chi connectivity index (χ3v) is 3.48. The minimum atomic E-state index is -4.38. The van der Waals surface area contributed by atoms with Crippen LogP contribution in [0.4, 0.5) is 18.9 Å². The number of anilines is 1. The number of aliphatic hydroxyl groups is 1. The maximum atomic E-state index is 12.5. The summed E-state index contributed by atoms with van der Waals surface area (Å²) in [4.78, 5) is 13.8. The number of thioether (sulfide) groups is 1. The summed E-state index contributed by atoms with van der Waals surface area (Å²) in [6.45, 7) is -1.76. The number of carbonyl (C=O) groups excluding carboxylic acids is 1. The minimum Gasteiger partial charge on any atom is -0.396 e. The van der Waals surface area contributed by atoms with Gasteiger partial charge < -0.3 is 10.4 Å². The molecule has 0 heterocycles. The monoisotopic (exact) mass is 336 g/mol. The quantitative estimate of drug-likeness (QED) is 0.717. The molecular weight excluding hydrogens is 317 g/mol. The van der Waals surface area contributed by atoms with Gasteiger partial charge in [-0.1, -0.05) is 6.07 Å². The summed E-state index contributed by atoms with van der Waals surface area (Å²) in [5.41, 5.74) is 0.547. The Balaban J connectivity index is 2.61. The first-order valence-corrected chi connectivity index (χ1v) is 7.90. The Morgan fingerprint density at radius 3 is 2.73 bits per heavy atom. The number of nitrogens with zero attached hydrogens (tertiary/aromatic N) is 1. The summed E-state index contributed by atoms with van der Waals surface area (Å²) in [6.07, 6.45) is -2.30. The molecule has 1 rings (SSSR count). The standard InChI is InChI=1S/C14H19F3N2O2S/c1-22-12-5-2-4-11(8-12)18-13(21)9-19(6-3-7-20)10-14(15,16)17/h2,4-5,8,20H,3,6-7,9-10H2,1H3,(H,18,21). The van der Waals surface area contributed by atoms with Crippen LogP contribution in [0.1, 0.15) is 6.42 Å². The number of halogens is 3. The number of amides is 1. The van der Waals surface area contributed by atoms with Gasteiger partial charge in [-0.3, -0.25) is 9.69 Å². The highest BCUT2D eigenvalue weighted by atomic mass is 32.2. The van der Waals surface area contributed by atoms with Gasteiger partial charge >= 0.3 is 6.18 Å². The molecule has 124 valence electrons. The second-order valence-electron chi connectivity index (χ2n) is 4.68. The van der Waals surface area contributed by atoms with Crippen molar-refractivity contribution in [2.75, 3.05) is 37.8 Å². The van der Waals surface area contributed by atoms with Crippen molar-refractivity contribution in [3.8, 4) is 0 Å². The minimum absolute atomic E-state index is 0.00822. The van der Waals surface area contributed by atoms with E-state index < -0.39 is 18.6 Å². The topological polar surface area (TPSA) is 52.6 Å². The van der Waals surface area contributed by atoms with E-state index in [4.69, 9.17) is 5.11 Å². The number of hydrogen-bond acceptors (Lipinski definition) is 4. The fraction of sp³-hybridized carbons (Fsp3) is 0.500. The number of alkyl halides is 3. The van der Waals surface area contributed by atoms with Gasteiger partial charge in [-0.05, 0) is 30.9 Å². The van der Waals surface area contributed by atoms with E-state index in [0.717, 1.165) is 9.80 Å². The summed E-state index contributed by atoms with van der Waals surface area (Å²) in [6, 6.07) is 7.07. The van der Waals surface area contributed by atoms with Gasteiger partial charge in [0.2, 0.25) is 5.91 Å². The molecule has 1 aromatic carbocycles. The van der Waals surface area contributed by atoms with Crippen LogP contribution >= 0.6 is 11.8 Å². The van der Waals surface area contributed by atoms with Gasteiger partial charge in [-0.2, -0.15) is 13.2 Å². The SMILES string of the molecule is CSc1cccc(NC(=O)CN(CCCO)CC(F)(F)F)c1. The molecular formula is C14H19F3N2O2S. The van der Waals surface area contributed by atoms with Crippen LogP contribution in [0.2, 0.25) is 0 Å². The van der Waals surface area contributed by atoms with Crippen molar-refractivity contribution in [3.63, 3.8) is 0 Å². The molecule has 8 heteroatoms. The van der Waals surface area contributed by atoms with Gasteiger partial charge in [0.05, 0.1) is 13.1 Å². The molecule has 0 aromatic heterocycles. The van der Waals surface area contributed by atoms with E-state index >= 15 is 0 Å². The van der Waals surface area contributed by atoms with Gasteiger partial charge in [0.25, 0.3) is 0 Å². The molecule has 0 saturated carbocycles. The maximum Gasteiger partial charge on any atom is 0.401 e. The zero-order chi connectivity index (χ0) is 16.6. The van der Waals surface area contributed by atoms with Crippen LogP contribution in [0.3, 0.4) is 0 Å². The van der Waals surface area contributed by atoms with Crippen LogP contribution in [0.25, 0.3) is 0 Å². The van der Waals surface area contributed by atoms with E-state index in [1.807, 2.05) is 12.3 Å². The van der Waals surface area contributed by atoms with Crippen molar-refractivity contribution >= 4 is 23.4 Å². The predicted molar refractivity (Wildman–Crippen MR) is 81.1 cm³/mol. The Kier molecular flexibility index (Phi) is 7.70. The molecule has 0 fully saturated rings. The Morgan fingerprint density at radius 1 is 1.41 bits per heavy atom.